The van der Waals surface area contributed by atoms with Crippen LogP contribution in [0, 0.1) is 6.92 Å². The van der Waals surface area contributed by atoms with E-state index in [1.807, 2.05) is 23.8 Å². The quantitative estimate of drug-likeness (QED) is 0.270. The lowest BCUT2D eigenvalue weighted by Gasteiger charge is -2.10. The highest BCUT2D eigenvalue weighted by molar-refractivity contribution is 7.99. The Kier molecular flexibility index (Phi) is 8.90. The monoisotopic (exact) mass is 604 g/mol. The number of tetrazole rings is 1. The molecule has 0 spiro atoms. The van der Waals surface area contributed by atoms with E-state index >= 15 is 0 Å². The molecule has 0 saturated carbocycles. The minimum Gasteiger partial charge on any atom is -0.324 e. The molecule has 0 atom stereocenters. The first kappa shape index (κ1) is 28.6. The van der Waals surface area contributed by atoms with Crippen molar-refractivity contribution < 1.29 is 18.0 Å². The van der Waals surface area contributed by atoms with Crippen LogP contribution in [0.25, 0.3) is 16.8 Å². The summed E-state index contributed by atoms with van der Waals surface area (Å²) in [7, 11) is -3.60. The van der Waals surface area contributed by atoms with E-state index in [9.17, 15) is 18.0 Å². The molecule has 202 valence electrons. The van der Waals surface area contributed by atoms with Crippen LogP contribution in [0.2, 0.25) is 10.0 Å². The van der Waals surface area contributed by atoms with E-state index in [1.54, 1.807) is 48.5 Å². The summed E-state index contributed by atoms with van der Waals surface area (Å²) in [5.74, 6) is -0.867. The number of amides is 2. The fraction of sp³-hybridized carbons (Fsp3) is 0.160. The molecule has 0 fully saturated rings. The number of halogens is 2. The smallest absolute Gasteiger partial charge is 0.237 e. The average molecular weight is 606 g/mol. The van der Waals surface area contributed by atoms with E-state index in [0.717, 1.165) is 34.7 Å². The van der Waals surface area contributed by atoms with Crippen LogP contribution in [0.4, 0.5) is 5.69 Å². The van der Waals surface area contributed by atoms with E-state index in [-0.39, 0.29) is 18.1 Å². The first-order valence-corrected chi connectivity index (χ1v) is 15.0. The van der Waals surface area contributed by atoms with Crippen molar-refractivity contribution in [1.82, 2.24) is 24.9 Å². The molecule has 0 aliphatic carbocycles. The van der Waals surface area contributed by atoms with Gasteiger partial charge in [0.05, 0.1) is 39.8 Å². The van der Waals surface area contributed by atoms with Crippen molar-refractivity contribution in [2.45, 2.75) is 18.5 Å². The molecule has 4 aromatic rings. The molecule has 2 N–H and O–H groups in total. The van der Waals surface area contributed by atoms with Gasteiger partial charge in [-0.25, -0.2) is 8.42 Å². The van der Waals surface area contributed by atoms with Crippen molar-refractivity contribution in [1.29, 1.82) is 0 Å². The van der Waals surface area contributed by atoms with Gasteiger partial charge in [-0.05, 0) is 63.9 Å². The molecule has 0 radical (unpaired) electrons. The molecule has 1 heterocycles. The molecule has 3 aromatic carbocycles. The van der Waals surface area contributed by atoms with Gasteiger partial charge < -0.3 is 5.32 Å². The van der Waals surface area contributed by atoms with Crippen LogP contribution < -0.4 is 10.0 Å². The maximum atomic E-state index is 12.6. The maximum Gasteiger partial charge on any atom is 0.237 e. The fourth-order valence-corrected chi connectivity index (χ4v) is 5.27. The lowest BCUT2D eigenvalue weighted by Crippen LogP contribution is -2.30. The summed E-state index contributed by atoms with van der Waals surface area (Å²) in [6, 6.07) is 17.8. The molecule has 1 aromatic heterocycles. The fourth-order valence-electron chi connectivity index (χ4n) is 3.56. The Morgan fingerprint density at radius 3 is 2.33 bits per heavy atom. The number of aryl methyl sites for hydroxylation is 1. The zero-order valence-corrected chi connectivity index (χ0v) is 23.8. The summed E-state index contributed by atoms with van der Waals surface area (Å²) in [5.41, 5.74) is 4.34. The molecule has 0 bridgehead atoms. The first-order chi connectivity index (χ1) is 18.5. The Balaban J connectivity index is 1.37. The van der Waals surface area contributed by atoms with E-state index in [1.165, 1.54) is 4.68 Å². The third-order valence-electron chi connectivity index (χ3n) is 5.30. The topological polar surface area (TPSA) is 136 Å². The first-order valence-electron chi connectivity index (χ1n) is 11.4. The summed E-state index contributed by atoms with van der Waals surface area (Å²) < 4.78 is 25.8. The van der Waals surface area contributed by atoms with E-state index in [2.05, 4.69) is 20.8 Å². The molecular formula is C25H22Cl2N6O4S2. The summed E-state index contributed by atoms with van der Waals surface area (Å²) in [5, 5.41) is 15.7. The number of hydrogen-bond acceptors (Lipinski definition) is 8. The highest BCUT2D eigenvalue weighted by Gasteiger charge is 2.15. The minimum absolute atomic E-state index is 0.0380. The van der Waals surface area contributed by atoms with E-state index in [4.69, 9.17) is 23.2 Å². The lowest BCUT2D eigenvalue weighted by molar-refractivity contribution is -0.118. The standard InChI is InChI=1S/C25H22Cl2N6O4S2/c1-15-3-10-22(20(27)11-15)33-25(29-31-32-33)38-14-24(35)28-21-9-8-18(13-19(21)26)17-6-4-16(5-7-17)12-23(34)30-39(2,36)37/h3-11,13H,12,14H2,1-2H3,(H,28,35)(H,30,34). The van der Waals surface area contributed by atoms with Crippen molar-refractivity contribution in [3.8, 4) is 16.8 Å². The van der Waals surface area contributed by atoms with Crippen LogP contribution in [0.1, 0.15) is 11.1 Å². The van der Waals surface area contributed by atoms with Crippen LogP contribution in [0.5, 0.6) is 0 Å². The molecule has 10 nitrogen and oxygen atoms in total. The lowest BCUT2D eigenvalue weighted by atomic mass is 10.0. The minimum atomic E-state index is -3.60. The Labute approximate surface area is 239 Å². The normalized spacial score (nSPS) is 11.3. The number of benzene rings is 3. The number of nitrogens with one attached hydrogen (secondary N) is 2. The Hall–Kier alpha value is -3.45. The largest absolute Gasteiger partial charge is 0.324 e. The Bertz CT molecular complexity index is 1640. The number of carbonyl (C=O) groups excluding carboxylic acids is 2. The predicted octanol–water partition coefficient (Wildman–Crippen LogP) is 4.29. The van der Waals surface area contributed by atoms with Crippen LogP contribution in [0.3, 0.4) is 0 Å². The van der Waals surface area contributed by atoms with Gasteiger partial charge in [0.1, 0.15) is 0 Å². The van der Waals surface area contributed by atoms with Gasteiger partial charge in [0.2, 0.25) is 27.0 Å². The highest BCUT2D eigenvalue weighted by Crippen LogP contribution is 2.30. The van der Waals surface area contributed by atoms with Gasteiger partial charge in [0.15, 0.2) is 0 Å². The van der Waals surface area contributed by atoms with Crippen molar-refractivity contribution in [3.63, 3.8) is 0 Å². The molecular weight excluding hydrogens is 583 g/mol. The number of rotatable bonds is 9. The van der Waals surface area contributed by atoms with Gasteiger partial charge in [-0.3, -0.25) is 14.3 Å². The maximum absolute atomic E-state index is 12.6. The third-order valence-corrected chi connectivity index (χ3v) is 7.43. The van der Waals surface area contributed by atoms with Gasteiger partial charge in [0, 0.05) is 0 Å². The zero-order valence-electron chi connectivity index (χ0n) is 20.7. The summed E-state index contributed by atoms with van der Waals surface area (Å²) in [4.78, 5) is 24.4. The van der Waals surface area contributed by atoms with Crippen LogP contribution in [-0.2, 0) is 26.0 Å². The number of thioether (sulfide) groups is 1. The second kappa shape index (κ2) is 12.2. The molecule has 0 saturated heterocycles. The highest BCUT2D eigenvalue weighted by atomic mass is 35.5. The van der Waals surface area contributed by atoms with Crippen LogP contribution >= 0.6 is 35.0 Å². The second-order valence-corrected chi connectivity index (χ2v) is 12.0. The number of hydrogen-bond donors (Lipinski definition) is 2. The number of carbonyl (C=O) groups is 2. The van der Waals surface area contributed by atoms with Crippen LogP contribution in [-0.4, -0.2) is 52.4 Å². The van der Waals surface area contributed by atoms with Crippen molar-refractivity contribution in [3.05, 3.63) is 81.8 Å². The summed E-state index contributed by atoms with van der Waals surface area (Å²) >= 11 is 13.9. The SMILES string of the molecule is Cc1ccc(-n2nnnc2SCC(=O)Nc2ccc(-c3ccc(CC(=O)NS(C)(=O)=O)cc3)cc2Cl)c(Cl)c1. The molecule has 0 unspecified atom stereocenters. The number of anilines is 1. The predicted molar refractivity (Wildman–Crippen MR) is 152 cm³/mol. The van der Waals surface area contributed by atoms with Crippen molar-refractivity contribution in [2.24, 2.45) is 0 Å². The van der Waals surface area contributed by atoms with Gasteiger partial charge >= 0.3 is 0 Å². The third kappa shape index (κ3) is 7.79. The van der Waals surface area contributed by atoms with Crippen molar-refractivity contribution in [2.75, 3.05) is 17.3 Å². The Morgan fingerprint density at radius 2 is 1.67 bits per heavy atom. The second-order valence-electron chi connectivity index (χ2n) is 8.53. The van der Waals surface area contributed by atoms with Gasteiger partial charge in [-0.1, -0.05) is 71.4 Å². The molecule has 4 rings (SSSR count). The number of sulfonamides is 1. The van der Waals surface area contributed by atoms with Crippen molar-refractivity contribution >= 4 is 62.5 Å². The molecule has 0 aliphatic heterocycles. The number of nitrogens with zero attached hydrogens (tertiary/aromatic N) is 4. The van der Waals surface area contributed by atoms with Gasteiger partial charge in [0.25, 0.3) is 0 Å². The number of aromatic nitrogens is 4. The molecule has 39 heavy (non-hydrogen) atoms. The zero-order chi connectivity index (χ0) is 28.2. The molecule has 2 amide bonds. The summed E-state index contributed by atoms with van der Waals surface area (Å²) in [6.07, 6.45) is 0.859. The molecule has 14 heteroatoms. The van der Waals surface area contributed by atoms with E-state index < -0.39 is 15.9 Å². The van der Waals surface area contributed by atoms with E-state index in [0.29, 0.717) is 32.1 Å². The Morgan fingerprint density at radius 1 is 0.949 bits per heavy atom. The molecule has 0 aliphatic rings. The van der Waals surface area contributed by atoms with Gasteiger partial charge in [-0.2, -0.15) is 4.68 Å². The van der Waals surface area contributed by atoms with Crippen LogP contribution in [0.15, 0.2) is 65.8 Å². The average Bonchev–Trinajstić information content (AvgIpc) is 3.31. The van der Waals surface area contributed by atoms with Gasteiger partial charge in [-0.15, -0.1) is 5.10 Å². The summed E-state index contributed by atoms with van der Waals surface area (Å²) in [6.45, 7) is 1.93.